The van der Waals surface area contributed by atoms with E-state index in [4.69, 9.17) is 0 Å². The zero-order chi connectivity index (χ0) is 16.8. The van der Waals surface area contributed by atoms with E-state index in [1.54, 1.807) is 11.8 Å². The van der Waals surface area contributed by atoms with Crippen molar-refractivity contribution in [3.63, 3.8) is 0 Å². The Morgan fingerprint density at radius 3 is 2.65 bits per heavy atom. The van der Waals surface area contributed by atoms with E-state index in [-0.39, 0.29) is 23.7 Å². The van der Waals surface area contributed by atoms with Crippen LogP contribution in [0.4, 0.5) is 0 Å². The van der Waals surface area contributed by atoms with Crippen molar-refractivity contribution < 1.29 is 14.7 Å². The van der Waals surface area contributed by atoms with Gasteiger partial charge >= 0.3 is 0 Å². The third-order valence-electron chi connectivity index (χ3n) is 4.39. The number of aliphatic hydroxyl groups excluding tert-OH is 1. The Morgan fingerprint density at radius 1 is 1.39 bits per heavy atom. The minimum Gasteiger partial charge on any atom is -0.393 e. The average molecular weight is 318 g/mol. The molecule has 3 atom stereocenters. The number of nitrogens with zero attached hydrogens (tertiary/aromatic N) is 1. The molecule has 1 aromatic carbocycles. The van der Waals surface area contributed by atoms with Crippen LogP contribution in [-0.4, -0.2) is 47.6 Å². The lowest BCUT2D eigenvalue weighted by atomic mass is 9.93. The van der Waals surface area contributed by atoms with Crippen molar-refractivity contribution in [1.29, 1.82) is 0 Å². The van der Waals surface area contributed by atoms with Gasteiger partial charge in [-0.15, -0.1) is 0 Å². The fourth-order valence-electron chi connectivity index (χ4n) is 3.10. The van der Waals surface area contributed by atoms with Crippen LogP contribution < -0.4 is 5.32 Å². The number of benzene rings is 1. The minimum absolute atomic E-state index is 0.0521. The number of hydrogen-bond acceptors (Lipinski definition) is 3. The van der Waals surface area contributed by atoms with Gasteiger partial charge in [0, 0.05) is 32.0 Å². The summed E-state index contributed by atoms with van der Waals surface area (Å²) < 4.78 is 0. The van der Waals surface area contributed by atoms with Crippen molar-refractivity contribution in [2.45, 2.75) is 38.7 Å². The monoisotopic (exact) mass is 318 g/mol. The molecule has 1 saturated heterocycles. The molecule has 2 amide bonds. The lowest BCUT2D eigenvalue weighted by molar-refractivity contribution is -0.128. The first-order valence-electron chi connectivity index (χ1n) is 8.29. The fraction of sp³-hybridized carbons (Fsp3) is 0.556. The summed E-state index contributed by atoms with van der Waals surface area (Å²) in [6.07, 6.45) is 0.460. The van der Waals surface area contributed by atoms with Crippen molar-refractivity contribution in [2.75, 3.05) is 19.6 Å². The zero-order valence-corrected chi connectivity index (χ0v) is 13.9. The van der Waals surface area contributed by atoms with Gasteiger partial charge in [0.15, 0.2) is 0 Å². The van der Waals surface area contributed by atoms with Crippen LogP contribution in [-0.2, 0) is 9.59 Å². The Kier molecular flexibility index (Phi) is 6.16. The molecule has 1 fully saturated rings. The second kappa shape index (κ2) is 8.11. The standard InChI is InChI=1S/C18H26N2O3/c1-3-20-12-16(10-17(20)22)18(23)19-11-15(9-13(2)21)14-7-5-4-6-8-14/h4-8,13,15-16,21H,3,9-12H2,1-2H3,(H,19,23). The molecule has 2 N–H and O–H groups in total. The molecule has 3 unspecified atom stereocenters. The zero-order valence-electron chi connectivity index (χ0n) is 13.9. The molecular weight excluding hydrogens is 292 g/mol. The van der Waals surface area contributed by atoms with Crippen molar-refractivity contribution in [3.8, 4) is 0 Å². The highest BCUT2D eigenvalue weighted by Crippen LogP contribution is 2.22. The topological polar surface area (TPSA) is 69.6 Å². The van der Waals surface area contributed by atoms with Gasteiger partial charge in [-0.1, -0.05) is 30.3 Å². The van der Waals surface area contributed by atoms with Gasteiger partial charge in [0.1, 0.15) is 0 Å². The number of aliphatic hydroxyl groups is 1. The molecular formula is C18H26N2O3. The maximum Gasteiger partial charge on any atom is 0.225 e. The molecule has 0 spiro atoms. The summed E-state index contributed by atoms with van der Waals surface area (Å²) in [5.41, 5.74) is 1.10. The number of nitrogens with one attached hydrogen (secondary N) is 1. The third-order valence-corrected chi connectivity index (χ3v) is 4.39. The lowest BCUT2D eigenvalue weighted by Crippen LogP contribution is -2.36. The molecule has 1 heterocycles. The molecule has 0 bridgehead atoms. The molecule has 1 aromatic rings. The third kappa shape index (κ3) is 4.79. The normalized spacial score (nSPS) is 20.4. The molecule has 0 saturated carbocycles. The largest absolute Gasteiger partial charge is 0.393 e. The van der Waals surface area contributed by atoms with Gasteiger partial charge in [-0.2, -0.15) is 0 Å². The molecule has 5 heteroatoms. The highest BCUT2D eigenvalue weighted by Gasteiger charge is 2.33. The number of likely N-dealkylation sites (tertiary alicyclic amines) is 1. The van der Waals surface area contributed by atoms with Crippen LogP contribution in [0.15, 0.2) is 30.3 Å². The molecule has 2 rings (SSSR count). The Hall–Kier alpha value is -1.88. The van der Waals surface area contributed by atoms with Crippen LogP contribution in [0.2, 0.25) is 0 Å². The van der Waals surface area contributed by atoms with Crippen molar-refractivity contribution in [1.82, 2.24) is 10.2 Å². The van der Waals surface area contributed by atoms with Crippen LogP contribution in [0.5, 0.6) is 0 Å². The van der Waals surface area contributed by atoms with Gasteiger partial charge in [0.2, 0.25) is 11.8 Å². The molecule has 1 aliphatic heterocycles. The number of rotatable bonds is 7. The van der Waals surface area contributed by atoms with Crippen LogP contribution >= 0.6 is 0 Å². The van der Waals surface area contributed by atoms with E-state index in [2.05, 4.69) is 5.32 Å². The maximum absolute atomic E-state index is 12.3. The molecule has 0 aliphatic carbocycles. The first-order valence-corrected chi connectivity index (χ1v) is 8.29. The molecule has 23 heavy (non-hydrogen) atoms. The summed E-state index contributed by atoms with van der Waals surface area (Å²) in [4.78, 5) is 25.8. The predicted molar refractivity (Wildman–Crippen MR) is 88.9 cm³/mol. The molecule has 5 nitrogen and oxygen atoms in total. The van der Waals surface area contributed by atoms with Crippen molar-refractivity contribution >= 4 is 11.8 Å². The number of carbonyl (C=O) groups is 2. The SMILES string of the molecule is CCN1CC(C(=O)NCC(CC(C)O)c2ccccc2)CC1=O. The molecule has 1 aliphatic rings. The van der Waals surface area contributed by atoms with Crippen LogP contribution in [0.3, 0.4) is 0 Å². The van der Waals surface area contributed by atoms with Crippen molar-refractivity contribution in [2.24, 2.45) is 5.92 Å². The average Bonchev–Trinajstić information content (AvgIpc) is 2.92. The number of carbonyl (C=O) groups excluding carboxylic acids is 2. The van der Waals surface area contributed by atoms with Gasteiger partial charge in [-0.05, 0) is 25.8 Å². The van der Waals surface area contributed by atoms with Gasteiger partial charge in [0.05, 0.1) is 12.0 Å². The first-order chi connectivity index (χ1) is 11.0. The molecule has 0 radical (unpaired) electrons. The molecule has 0 aromatic heterocycles. The van der Waals surface area contributed by atoms with Crippen molar-refractivity contribution in [3.05, 3.63) is 35.9 Å². The summed E-state index contributed by atoms with van der Waals surface area (Å²) >= 11 is 0. The Morgan fingerprint density at radius 2 is 2.09 bits per heavy atom. The van der Waals surface area contributed by atoms with Gasteiger partial charge < -0.3 is 15.3 Å². The predicted octanol–water partition coefficient (Wildman–Crippen LogP) is 1.53. The van der Waals surface area contributed by atoms with E-state index in [9.17, 15) is 14.7 Å². The van der Waals surface area contributed by atoms with E-state index in [1.807, 2.05) is 37.3 Å². The summed E-state index contributed by atoms with van der Waals surface area (Å²) in [5.74, 6) is -0.206. The highest BCUT2D eigenvalue weighted by molar-refractivity contribution is 5.89. The Balaban J connectivity index is 1.93. The Labute approximate surface area is 137 Å². The van der Waals surface area contributed by atoms with E-state index < -0.39 is 6.10 Å². The summed E-state index contributed by atoms with van der Waals surface area (Å²) in [7, 11) is 0. The minimum atomic E-state index is -0.430. The van der Waals surface area contributed by atoms with E-state index in [0.29, 0.717) is 32.5 Å². The van der Waals surface area contributed by atoms with E-state index in [1.165, 1.54) is 0 Å². The summed E-state index contributed by atoms with van der Waals surface area (Å²) in [6.45, 7) is 5.31. The van der Waals surface area contributed by atoms with Crippen LogP contribution in [0, 0.1) is 5.92 Å². The molecule has 126 valence electrons. The van der Waals surface area contributed by atoms with Crippen LogP contribution in [0.25, 0.3) is 0 Å². The fourth-order valence-corrected chi connectivity index (χ4v) is 3.10. The van der Waals surface area contributed by atoms with Gasteiger partial charge in [-0.3, -0.25) is 9.59 Å². The van der Waals surface area contributed by atoms with Gasteiger partial charge in [-0.25, -0.2) is 0 Å². The smallest absolute Gasteiger partial charge is 0.225 e. The number of hydrogen-bond donors (Lipinski definition) is 2. The van der Waals surface area contributed by atoms with E-state index >= 15 is 0 Å². The van der Waals surface area contributed by atoms with Gasteiger partial charge in [0.25, 0.3) is 0 Å². The highest BCUT2D eigenvalue weighted by atomic mass is 16.3. The number of amides is 2. The quantitative estimate of drug-likeness (QED) is 0.801. The Bertz CT molecular complexity index is 530. The first kappa shape index (κ1) is 17.5. The summed E-state index contributed by atoms with van der Waals surface area (Å²) in [5, 5.41) is 12.7. The summed E-state index contributed by atoms with van der Waals surface area (Å²) in [6, 6.07) is 9.89. The lowest BCUT2D eigenvalue weighted by Gasteiger charge is -2.21. The van der Waals surface area contributed by atoms with Crippen LogP contribution in [0.1, 0.15) is 38.2 Å². The second-order valence-corrected chi connectivity index (χ2v) is 6.27. The van der Waals surface area contributed by atoms with E-state index in [0.717, 1.165) is 5.56 Å². The maximum atomic E-state index is 12.3. The second-order valence-electron chi connectivity index (χ2n) is 6.27.